The number of aliphatic hydroxyl groups is 1. The molecule has 17 heavy (non-hydrogen) atoms. The van der Waals surface area contributed by atoms with Gasteiger partial charge < -0.3 is 10.4 Å². The first-order valence-corrected chi connectivity index (χ1v) is 6.20. The maximum atomic E-state index is 11.0. The fraction of sp³-hybridized carbons (Fsp3) is 0.455. The predicted molar refractivity (Wildman–Crippen MR) is 69.7 cm³/mol. The topological polar surface area (TPSA) is 75.4 Å². The van der Waals surface area contributed by atoms with Crippen molar-refractivity contribution < 1.29 is 10.0 Å². The van der Waals surface area contributed by atoms with Crippen molar-refractivity contribution in [3.05, 3.63) is 28.3 Å². The molecule has 1 rings (SSSR count). The zero-order valence-electron chi connectivity index (χ0n) is 9.84. The van der Waals surface area contributed by atoms with Gasteiger partial charge in [-0.2, -0.15) is 0 Å². The Morgan fingerprint density at radius 2 is 2.29 bits per heavy atom. The van der Waals surface area contributed by atoms with Crippen LogP contribution in [0.3, 0.4) is 0 Å². The van der Waals surface area contributed by atoms with Crippen LogP contribution < -0.4 is 5.32 Å². The van der Waals surface area contributed by atoms with Gasteiger partial charge in [-0.05, 0) is 18.6 Å². The molecule has 0 aliphatic carbocycles. The molecule has 0 radical (unpaired) electrons. The van der Waals surface area contributed by atoms with Crippen LogP contribution in [-0.2, 0) is 0 Å². The molecule has 1 aromatic rings. The maximum Gasteiger partial charge on any atom is 0.305 e. The van der Waals surface area contributed by atoms with Gasteiger partial charge >= 0.3 is 5.69 Å². The molecule has 0 saturated heterocycles. The second kappa shape index (κ2) is 6.46. The molecular formula is C11H16N2O3S. The number of nitrogens with one attached hydrogen (secondary N) is 1. The summed E-state index contributed by atoms with van der Waals surface area (Å²) in [6.45, 7) is 2.03. The van der Waals surface area contributed by atoms with Crippen molar-refractivity contribution in [2.45, 2.75) is 23.5 Å². The Bertz CT molecular complexity index is 398. The molecular weight excluding hydrogens is 240 g/mol. The third-order valence-electron chi connectivity index (χ3n) is 2.31. The van der Waals surface area contributed by atoms with Gasteiger partial charge in [-0.15, -0.1) is 11.8 Å². The molecule has 1 aromatic carbocycles. The van der Waals surface area contributed by atoms with Crippen LogP contribution in [0.2, 0.25) is 0 Å². The molecule has 0 amide bonds. The highest BCUT2D eigenvalue weighted by atomic mass is 32.2. The van der Waals surface area contributed by atoms with Crippen LogP contribution in [-0.4, -0.2) is 28.9 Å². The zero-order valence-corrected chi connectivity index (χ0v) is 10.7. The predicted octanol–water partition coefficient (Wildman–Crippen LogP) is 2.50. The minimum Gasteiger partial charge on any atom is -0.396 e. The number of hydrogen-bond donors (Lipinski definition) is 2. The van der Waals surface area contributed by atoms with Crippen LogP contribution in [0.4, 0.5) is 11.4 Å². The fourth-order valence-corrected chi connectivity index (χ4v) is 2.57. The van der Waals surface area contributed by atoms with E-state index in [0.717, 1.165) is 0 Å². The van der Waals surface area contributed by atoms with Gasteiger partial charge in [0.05, 0.1) is 9.82 Å². The van der Waals surface area contributed by atoms with E-state index in [4.69, 9.17) is 5.11 Å². The number of benzene rings is 1. The monoisotopic (exact) mass is 256 g/mol. The van der Waals surface area contributed by atoms with E-state index >= 15 is 0 Å². The summed E-state index contributed by atoms with van der Waals surface area (Å²) in [7, 11) is 1.66. The Balaban J connectivity index is 3.02. The van der Waals surface area contributed by atoms with E-state index in [2.05, 4.69) is 5.32 Å². The first kappa shape index (κ1) is 13.8. The van der Waals surface area contributed by atoms with Crippen molar-refractivity contribution in [3.63, 3.8) is 0 Å². The second-order valence-corrected chi connectivity index (χ2v) is 5.08. The third-order valence-corrected chi connectivity index (χ3v) is 3.54. The lowest BCUT2D eigenvalue weighted by atomic mass is 10.2. The fourth-order valence-electron chi connectivity index (χ4n) is 1.46. The van der Waals surface area contributed by atoms with Gasteiger partial charge in [0.15, 0.2) is 0 Å². The molecule has 94 valence electrons. The van der Waals surface area contributed by atoms with E-state index in [-0.39, 0.29) is 22.5 Å². The molecule has 0 fully saturated rings. The summed E-state index contributed by atoms with van der Waals surface area (Å²) in [6, 6.07) is 5.20. The van der Waals surface area contributed by atoms with Crippen molar-refractivity contribution in [3.8, 4) is 0 Å². The van der Waals surface area contributed by atoms with E-state index in [1.54, 1.807) is 25.2 Å². The van der Waals surface area contributed by atoms with Crippen LogP contribution in [0, 0.1) is 10.1 Å². The van der Waals surface area contributed by atoms with Gasteiger partial charge in [-0.25, -0.2) is 0 Å². The van der Waals surface area contributed by atoms with Crippen molar-refractivity contribution in [2.24, 2.45) is 0 Å². The van der Waals surface area contributed by atoms with Crippen molar-refractivity contribution in [1.29, 1.82) is 0 Å². The van der Waals surface area contributed by atoms with Crippen LogP contribution in [0.15, 0.2) is 23.1 Å². The minimum absolute atomic E-state index is 0.0910. The third kappa shape index (κ3) is 3.61. The normalized spacial score (nSPS) is 12.2. The van der Waals surface area contributed by atoms with Gasteiger partial charge in [0.25, 0.3) is 0 Å². The van der Waals surface area contributed by atoms with Crippen LogP contribution in [0.5, 0.6) is 0 Å². The smallest absolute Gasteiger partial charge is 0.305 e. The molecule has 0 aliphatic rings. The Labute approximate surface area is 104 Å². The molecule has 2 N–H and O–H groups in total. The van der Waals surface area contributed by atoms with Crippen LogP contribution in [0.25, 0.3) is 0 Å². The number of anilines is 1. The van der Waals surface area contributed by atoms with Gasteiger partial charge in [-0.3, -0.25) is 10.1 Å². The van der Waals surface area contributed by atoms with E-state index < -0.39 is 0 Å². The highest BCUT2D eigenvalue weighted by molar-refractivity contribution is 8.00. The Kier molecular flexibility index (Phi) is 5.24. The minimum atomic E-state index is -0.375. The molecule has 0 heterocycles. The molecule has 0 bridgehead atoms. The summed E-state index contributed by atoms with van der Waals surface area (Å²) in [5.74, 6) is 0. The molecule has 0 saturated carbocycles. The Hall–Kier alpha value is -1.27. The molecule has 5 nitrogen and oxygen atoms in total. The number of rotatable bonds is 6. The lowest BCUT2D eigenvalue weighted by Gasteiger charge is -2.11. The molecule has 0 aliphatic heterocycles. The van der Waals surface area contributed by atoms with Crippen molar-refractivity contribution >= 4 is 23.1 Å². The first-order chi connectivity index (χ1) is 8.10. The van der Waals surface area contributed by atoms with Crippen LogP contribution in [0.1, 0.15) is 13.3 Å². The van der Waals surface area contributed by atoms with Crippen LogP contribution >= 0.6 is 11.8 Å². The average molecular weight is 256 g/mol. The number of aliphatic hydroxyl groups excluding tert-OH is 1. The molecule has 0 spiro atoms. The Morgan fingerprint density at radius 1 is 1.59 bits per heavy atom. The second-order valence-electron chi connectivity index (χ2n) is 3.60. The number of nitrogens with zero attached hydrogens (tertiary/aromatic N) is 1. The maximum absolute atomic E-state index is 11.0. The lowest BCUT2D eigenvalue weighted by Crippen LogP contribution is -2.02. The highest BCUT2D eigenvalue weighted by Crippen LogP contribution is 2.37. The number of para-hydroxylation sites is 1. The largest absolute Gasteiger partial charge is 0.396 e. The van der Waals surface area contributed by atoms with Crippen molar-refractivity contribution in [2.75, 3.05) is 19.0 Å². The molecule has 1 atom stereocenters. The first-order valence-electron chi connectivity index (χ1n) is 5.32. The standard InChI is InChI=1S/C11H16N2O3S/c1-8(6-7-14)17-10-5-3-4-9(12-2)11(10)13(15)16/h3-5,8,12,14H,6-7H2,1-2H3. The number of hydrogen-bond acceptors (Lipinski definition) is 5. The quantitative estimate of drug-likeness (QED) is 0.464. The van der Waals surface area contributed by atoms with E-state index in [9.17, 15) is 10.1 Å². The van der Waals surface area contributed by atoms with Gasteiger partial charge in [0.2, 0.25) is 0 Å². The summed E-state index contributed by atoms with van der Waals surface area (Å²) in [5.41, 5.74) is 0.612. The van der Waals surface area contributed by atoms with Crippen molar-refractivity contribution in [1.82, 2.24) is 0 Å². The molecule has 1 unspecified atom stereocenters. The van der Waals surface area contributed by atoms with Gasteiger partial charge in [0, 0.05) is 18.9 Å². The number of nitro benzene ring substituents is 1. The SMILES string of the molecule is CNc1cccc(SC(C)CCO)c1[N+](=O)[O-]. The van der Waals surface area contributed by atoms with Gasteiger partial charge in [0.1, 0.15) is 5.69 Å². The highest BCUT2D eigenvalue weighted by Gasteiger charge is 2.20. The summed E-state index contributed by atoms with van der Waals surface area (Å²) in [6.07, 6.45) is 0.617. The summed E-state index contributed by atoms with van der Waals surface area (Å²) in [5, 5.41) is 22.8. The lowest BCUT2D eigenvalue weighted by molar-refractivity contribution is -0.386. The zero-order chi connectivity index (χ0) is 12.8. The average Bonchev–Trinajstić information content (AvgIpc) is 2.28. The van der Waals surface area contributed by atoms with Gasteiger partial charge in [-0.1, -0.05) is 13.0 Å². The Morgan fingerprint density at radius 3 is 2.82 bits per heavy atom. The van der Waals surface area contributed by atoms with E-state index in [1.807, 2.05) is 6.92 Å². The molecule has 6 heteroatoms. The van der Waals surface area contributed by atoms with E-state index in [1.165, 1.54) is 11.8 Å². The molecule has 0 aromatic heterocycles. The number of thioether (sulfide) groups is 1. The summed E-state index contributed by atoms with van der Waals surface area (Å²) < 4.78 is 0. The summed E-state index contributed by atoms with van der Waals surface area (Å²) >= 11 is 1.41. The summed E-state index contributed by atoms with van der Waals surface area (Å²) in [4.78, 5) is 11.3. The number of nitro groups is 1. The van der Waals surface area contributed by atoms with E-state index in [0.29, 0.717) is 17.0 Å².